The Bertz CT molecular complexity index is 287. The van der Waals surface area contributed by atoms with Gasteiger partial charge in [-0.05, 0) is 30.7 Å². The van der Waals surface area contributed by atoms with Crippen molar-refractivity contribution in [3.63, 3.8) is 0 Å². The summed E-state index contributed by atoms with van der Waals surface area (Å²) in [7, 11) is 0. The fraction of sp³-hybridized carbons (Fsp3) is 0.538. The Morgan fingerprint density at radius 1 is 0.882 bits per heavy atom. The van der Waals surface area contributed by atoms with Crippen LogP contribution in [0.25, 0.3) is 0 Å². The minimum atomic E-state index is 0.539. The SMILES string of the molecule is CCCOCCOCCOc1ccc(N)cc1. The van der Waals surface area contributed by atoms with Crippen molar-refractivity contribution in [2.45, 2.75) is 13.3 Å². The number of ether oxygens (including phenoxy) is 3. The largest absolute Gasteiger partial charge is 0.491 e. The van der Waals surface area contributed by atoms with Crippen LogP contribution < -0.4 is 10.5 Å². The Kier molecular flexibility index (Phi) is 7.18. The molecule has 0 saturated heterocycles. The van der Waals surface area contributed by atoms with Crippen LogP contribution in [-0.4, -0.2) is 33.0 Å². The van der Waals surface area contributed by atoms with Crippen LogP contribution >= 0.6 is 0 Å². The molecule has 1 aromatic carbocycles. The predicted molar refractivity (Wildman–Crippen MR) is 68.3 cm³/mol. The molecule has 0 amide bonds. The van der Waals surface area contributed by atoms with Crippen molar-refractivity contribution in [1.82, 2.24) is 0 Å². The first kappa shape index (κ1) is 13.8. The third-order valence-electron chi connectivity index (χ3n) is 2.10. The average molecular weight is 239 g/mol. The smallest absolute Gasteiger partial charge is 0.119 e. The Labute approximate surface area is 103 Å². The van der Waals surface area contributed by atoms with Gasteiger partial charge in [0.2, 0.25) is 0 Å². The molecule has 96 valence electrons. The third kappa shape index (κ3) is 6.81. The number of anilines is 1. The molecule has 0 heterocycles. The van der Waals surface area contributed by atoms with Crippen LogP contribution in [0.4, 0.5) is 5.69 Å². The van der Waals surface area contributed by atoms with Gasteiger partial charge in [-0.25, -0.2) is 0 Å². The van der Waals surface area contributed by atoms with Crippen LogP contribution in [0.5, 0.6) is 5.75 Å². The van der Waals surface area contributed by atoms with E-state index >= 15 is 0 Å². The van der Waals surface area contributed by atoms with Crippen molar-refractivity contribution < 1.29 is 14.2 Å². The van der Waals surface area contributed by atoms with E-state index in [-0.39, 0.29) is 0 Å². The van der Waals surface area contributed by atoms with Crippen molar-refractivity contribution in [2.75, 3.05) is 38.8 Å². The lowest BCUT2D eigenvalue weighted by Crippen LogP contribution is -2.11. The Morgan fingerprint density at radius 3 is 2.12 bits per heavy atom. The van der Waals surface area contributed by atoms with Gasteiger partial charge < -0.3 is 19.9 Å². The molecule has 4 nitrogen and oxygen atoms in total. The second kappa shape index (κ2) is 8.84. The second-order valence-electron chi connectivity index (χ2n) is 3.64. The molecule has 0 bridgehead atoms. The van der Waals surface area contributed by atoms with Crippen molar-refractivity contribution in [1.29, 1.82) is 0 Å². The lowest BCUT2D eigenvalue weighted by molar-refractivity contribution is 0.0366. The molecule has 0 aliphatic carbocycles. The minimum Gasteiger partial charge on any atom is -0.491 e. The summed E-state index contributed by atoms with van der Waals surface area (Å²) in [5.41, 5.74) is 6.30. The topological polar surface area (TPSA) is 53.7 Å². The standard InChI is InChI=1S/C13H21NO3/c1-2-7-15-8-9-16-10-11-17-13-5-3-12(14)4-6-13/h3-6H,2,7-11,14H2,1H3. The zero-order valence-corrected chi connectivity index (χ0v) is 10.4. The molecule has 17 heavy (non-hydrogen) atoms. The number of nitrogens with two attached hydrogens (primary N) is 1. The molecule has 0 fully saturated rings. The first-order valence-electron chi connectivity index (χ1n) is 5.96. The van der Waals surface area contributed by atoms with Gasteiger partial charge in [0.05, 0.1) is 19.8 Å². The van der Waals surface area contributed by atoms with Gasteiger partial charge in [-0.15, -0.1) is 0 Å². The zero-order valence-electron chi connectivity index (χ0n) is 10.4. The summed E-state index contributed by atoms with van der Waals surface area (Å²) in [6.45, 7) is 5.25. The molecule has 0 aliphatic heterocycles. The summed E-state index contributed by atoms with van der Waals surface area (Å²) in [5, 5.41) is 0. The quantitative estimate of drug-likeness (QED) is 0.529. The van der Waals surface area contributed by atoms with Gasteiger partial charge in [-0.2, -0.15) is 0 Å². The zero-order chi connectivity index (χ0) is 12.3. The van der Waals surface area contributed by atoms with Gasteiger partial charge in [0.15, 0.2) is 0 Å². The van der Waals surface area contributed by atoms with E-state index in [0.29, 0.717) is 26.4 Å². The maximum Gasteiger partial charge on any atom is 0.119 e. The fourth-order valence-electron chi connectivity index (χ4n) is 1.25. The summed E-state index contributed by atoms with van der Waals surface area (Å²) in [4.78, 5) is 0. The molecule has 0 saturated carbocycles. The molecule has 1 aromatic rings. The predicted octanol–water partition coefficient (Wildman–Crippen LogP) is 2.09. The van der Waals surface area contributed by atoms with E-state index < -0.39 is 0 Å². The summed E-state index contributed by atoms with van der Waals surface area (Å²) < 4.78 is 16.1. The first-order valence-corrected chi connectivity index (χ1v) is 5.96. The molecule has 2 N–H and O–H groups in total. The number of benzene rings is 1. The Morgan fingerprint density at radius 2 is 1.47 bits per heavy atom. The first-order chi connectivity index (χ1) is 8.33. The highest BCUT2D eigenvalue weighted by Crippen LogP contribution is 2.12. The van der Waals surface area contributed by atoms with Crippen molar-refractivity contribution >= 4 is 5.69 Å². The highest BCUT2D eigenvalue weighted by atomic mass is 16.5. The minimum absolute atomic E-state index is 0.539. The lowest BCUT2D eigenvalue weighted by atomic mass is 10.3. The Balaban J connectivity index is 1.95. The monoisotopic (exact) mass is 239 g/mol. The molecule has 0 aliphatic rings. The van der Waals surface area contributed by atoms with Gasteiger partial charge in [0.25, 0.3) is 0 Å². The summed E-state index contributed by atoms with van der Waals surface area (Å²) in [6, 6.07) is 7.32. The summed E-state index contributed by atoms with van der Waals surface area (Å²) in [5.74, 6) is 0.810. The molecule has 1 rings (SSSR count). The maximum atomic E-state index is 5.57. The van der Waals surface area contributed by atoms with Crippen LogP contribution in [0.2, 0.25) is 0 Å². The van der Waals surface area contributed by atoms with Gasteiger partial charge in [0, 0.05) is 12.3 Å². The molecule has 4 heteroatoms. The number of nitrogen functional groups attached to an aromatic ring is 1. The number of hydrogen-bond donors (Lipinski definition) is 1. The van der Waals surface area contributed by atoms with Gasteiger partial charge in [0.1, 0.15) is 12.4 Å². The van der Waals surface area contributed by atoms with Crippen molar-refractivity contribution in [3.05, 3.63) is 24.3 Å². The maximum absolute atomic E-state index is 5.57. The van der Waals surface area contributed by atoms with E-state index in [1.165, 1.54) is 0 Å². The van der Waals surface area contributed by atoms with Crippen LogP contribution in [-0.2, 0) is 9.47 Å². The highest BCUT2D eigenvalue weighted by Gasteiger charge is 1.93. The molecule has 0 aromatic heterocycles. The van der Waals surface area contributed by atoms with E-state index in [1.807, 2.05) is 24.3 Å². The molecule has 0 atom stereocenters. The van der Waals surface area contributed by atoms with E-state index in [9.17, 15) is 0 Å². The van der Waals surface area contributed by atoms with Gasteiger partial charge in [-0.1, -0.05) is 6.92 Å². The molecule has 0 unspecified atom stereocenters. The third-order valence-corrected chi connectivity index (χ3v) is 2.10. The average Bonchev–Trinajstić information content (AvgIpc) is 2.35. The van der Waals surface area contributed by atoms with E-state index in [2.05, 4.69) is 6.92 Å². The Hall–Kier alpha value is -1.26. The number of hydrogen-bond acceptors (Lipinski definition) is 4. The molecular weight excluding hydrogens is 218 g/mol. The summed E-state index contributed by atoms with van der Waals surface area (Å²) >= 11 is 0. The summed E-state index contributed by atoms with van der Waals surface area (Å²) in [6.07, 6.45) is 1.04. The van der Waals surface area contributed by atoms with Crippen LogP contribution in [0, 0.1) is 0 Å². The second-order valence-corrected chi connectivity index (χ2v) is 3.64. The van der Waals surface area contributed by atoms with Crippen molar-refractivity contribution in [2.24, 2.45) is 0 Å². The van der Waals surface area contributed by atoms with Crippen LogP contribution in [0.1, 0.15) is 13.3 Å². The van der Waals surface area contributed by atoms with E-state index in [1.54, 1.807) is 0 Å². The number of rotatable bonds is 9. The highest BCUT2D eigenvalue weighted by molar-refractivity contribution is 5.41. The fourth-order valence-corrected chi connectivity index (χ4v) is 1.25. The molecular formula is C13H21NO3. The van der Waals surface area contributed by atoms with Gasteiger partial charge in [-0.3, -0.25) is 0 Å². The van der Waals surface area contributed by atoms with Crippen LogP contribution in [0.15, 0.2) is 24.3 Å². The van der Waals surface area contributed by atoms with Crippen LogP contribution in [0.3, 0.4) is 0 Å². The lowest BCUT2D eigenvalue weighted by Gasteiger charge is -2.07. The van der Waals surface area contributed by atoms with E-state index in [4.69, 9.17) is 19.9 Å². The van der Waals surface area contributed by atoms with Gasteiger partial charge >= 0.3 is 0 Å². The van der Waals surface area contributed by atoms with E-state index in [0.717, 1.165) is 24.5 Å². The normalized spacial score (nSPS) is 10.4. The molecule has 0 spiro atoms. The van der Waals surface area contributed by atoms with Crippen molar-refractivity contribution in [3.8, 4) is 5.75 Å². The molecule has 0 radical (unpaired) electrons.